The van der Waals surface area contributed by atoms with Gasteiger partial charge < -0.3 is 0 Å². The molecule has 0 heterocycles. The van der Waals surface area contributed by atoms with Gasteiger partial charge in [-0.15, -0.1) is 0 Å². The number of nitro groups is 1. The second-order valence-electron chi connectivity index (χ2n) is 2.80. The summed E-state index contributed by atoms with van der Waals surface area (Å²) in [6.45, 7) is -0.544. The summed E-state index contributed by atoms with van der Waals surface area (Å²) >= 11 is 5.35. The predicted molar refractivity (Wildman–Crippen MR) is 47.2 cm³/mol. The van der Waals surface area contributed by atoms with Crippen molar-refractivity contribution in [1.82, 2.24) is 0 Å². The van der Waals surface area contributed by atoms with E-state index in [0.29, 0.717) is 0 Å². The highest BCUT2D eigenvalue weighted by Crippen LogP contribution is 2.34. The second kappa shape index (κ2) is 4.06. The van der Waals surface area contributed by atoms with Crippen molar-refractivity contribution in [3.05, 3.63) is 44.5 Å². The Morgan fingerprint density at radius 3 is 2.40 bits per heavy atom. The second-order valence-corrected chi connectivity index (χ2v) is 3.21. The van der Waals surface area contributed by atoms with Gasteiger partial charge in [0.1, 0.15) is 0 Å². The maximum Gasteiger partial charge on any atom is 0.417 e. The molecule has 82 valence electrons. The summed E-state index contributed by atoms with van der Waals surface area (Å²) in [6.07, 6.45) is -4.54. The van der Waals surface area contributed by atoms with Crippen molar-refractivity contribution in [2.75, 3.05) is 0 Å². The van der Waals surface area contributed by atoms with Gasteiger partial charge in [-0.2, -0.15) is 13.2 Å². The molecule has 1 rings (SSSR count). The lowest BCUT2D eigenvalue weighted by Crippen LogP contribution is -2.07. The molecule has 0 aliphatic heterocycles. The third kappa shape index (κ3) is 3.09. The van der Waals surface area contributed by atoms with Crippen LogP contribution in [0.1, 0.15) is 11.1 Å². The SMILES string of the molecule is O=[N+]([O-])Cc1ccc(C(F)(F)F)c(Cl)c1. The first kappa shape index (κ1) is 11.8. The lowest BCUT2D eigenvalue weighted by Gasteiger charge is -2.08. The molecule has 3 nitrogen and oxygen atoms in total. The first-order valence-electron chi connectivity index (χ1n) is 3.78. The smallest absolute Gasteiger partial charge is 0.264 e. The Balaban J connectivity index is 3.04. The summed E-state index contributed by atoms with van der Waals surface area (Å²) in [7, 11) is 0. The number of nitrogens with zero attached hydrogens (tertiary/aromatic N) is 1. The molecule has 0 spiro atoms. The largest absolute Gasteiger partial charge is 0.417 e. The van der Waals surface area contributed by atoms with E-state index in [2.05, 4.69) is 0 Å². The average molecular weight is 240 g/mol. The van der Waals surface area contributed by atoms with E-state index in [1.54, 1.807) is 0 Å². The molecular weight excluding hydrogens is 235 g/mol. The Morgan fingerprint density at radius 1 is 1.40 bits per heavy atom. The molecule has 1 aromatic carbocycles. The predicted octanol–water partition coefficient (Wildman–Crippen LogP) is 3.14. The summed E-state index contributed by atoms with van der Waals surface area (Å²) in [5, 5.41) is 9.58. The number of hydrogen-bond acceptors (Lipinski definition) is 2. The molecule has 0 N–H and O–H groups in total. The molecule has 15 heavy (non-hydrogen) atoms. The van der Waals surface area contributed by atoms with Gasteiger partial charge in [0, 0.05) is 10.5 Å². The highest BCUT2D eigenvalue weighted by Gasteiger charge is 2.33. The van der Waals surface area contributed by atoms with E-state index in [1.807, 2.05) is 0 Å². The zero-order valence-corrected chi connectivity index (χ0v) is 7.97. The molecule has 7 heteroatoms. The highest BCUT2D eigenvalue weighted by atomic mass is 35.5. The Bertz CT molecular complexity index is 392. The summed E-state index contributed by atoms with van der Waals surface area (Å²) in [5.41, 5.74) is -0.853. The van der Waals surface area contributed by atoms with E-state index in [4.69, 9.17) is 11.6 Å². The number of alkyl halides is 3. The van der Waals surface area contributed by atoms with Crippen LogP contribution in [0.2, 0.25) is 5.02 Å². The lowest BCUT2D eigenvalue weighted by atomic mass is 10.1. The van der Waals surface area contributed by atoms with Crippen molar-refractivity contribution in [2.24, 2.45) is 0 Å². The van der Waals surface area contributed by atoms with Crippen LogP contribution in [0.25, 0.3) is 0 Å². The fraction of sp³-hybridized carbons (Fsp3) is 0.250. The average Bonchev–Trinajstić information content (AvgIpc) is 1.99. The quantitative estimate of drug-likeness (QED) is 0.588. The van der Waals surface area contributed by atoms with Crippen molar-refractivity contribution in [3.8, 4) is 0 Å². The van der Waals surface area contributed by atoms with E-state index in [9.17, 15) is 23.3 Å². The summed E-state index contributed by atoms with van der Waals surface area (Å²) in [4.78, 5) is 9.46. The fourth-order valence-corrected chi connectivity index (χ4v) is 1.35. The van der Waals surface area contributed by atoms with Crippen molar-refractivity contribution in [2.45, 2.75) is 12.7 Å². The minimum atomic E-state index is -4.54. The van der Waals surface area contributed by atoms with Gasteiger partial charge in [0.25, 0.3) is 0 Å². The minimum Gasteiger partial charge on any atom is -0.264 e. The minimum absolute atomic E-state index is 0.137. The molecule has 0 unspecified atom stereocenters. The third-order valence-corrected chi connectivity index (χ3v) is 1.96. The lowest BCUT2D eigenvalue weighted by molar-refractivity contribution is -0.496. The monoisotopic (exact) mass is 239 g/mol. The number of halogens is 4. The van der Waals surface area contributed by atoms with Crippen molar-refractivity contribution in [3.63, 3.8) is 0 Å². The van der Waals surface area contributed by atoms with Crippen LogP contribution in [0.15, 0.2) is 18.2 Å². The molecule has 0 aromatic heterocycles. The molecule has 0 atom stereocenters. The summed E-state index contributed by atoms with van der Waals surface area (Å²) in [6, 6.07) is 2.73. The van der Waals surface area contributed by atoms with Crippen LogP contribution in [-0.2, 0) is 12.7 Å². The maximum atomic E-state index is 12.2. The molecule has 0 saturated carbocycles. The van der Waals surface area contributed by atoms with Crippen LogP contribution in [0.4, 0.5) is 13.2 Å². The fourth-order valence-electron chi connectivity index (χ4n) is 1.04. The third-order valence-electron chi connectivity index (χ3n) is 1.65. The molecule has 0 bridgehead atoms. The topological polar surface area (TPSA) is 43.1 Å². The van der Waals surface area contributed by atoms with Crippen LogP contribution >= 0.6 is 11.6 Å². The van der Waals surface area contributed by atoms with Gasteiger partial charge in [-0.1, -0.05) is 17.7 Å². The van der Waals surface area contributed by atoms with E-state index < -0.39 is 28.2 Å². The van der Waals surface area contributed by atoms with Crippen LogP contribution in [0, 0.1) is 10.1 Å². The van der Waals surface area contributed by atoms with Crippen LogP contribution in [-0.4, -0.2) is 4.92 Å². The number of benzene rings is 1. The molecule has 1 aromatic rings. The van der Waals surface area contributed by atoms with E-state index >= 15 is 0 Å². The molecule has 0 aliphatic rings. The Morgan fingerprint density at radius 2 is 2.00 bits per heavy atom. The van der Waals surface area contributed by atoms with E-state index in [-0.39, 0.29) is 5.56 Å². The Hall–Kier alpha value is -1.30. The zero-order valence-electron chi connectivity index (χ0n) is 7.21. The zero-order chi connectivity index (χ0) is 11.6. The van der Waals surface area contributed by atoms with Crippen molar-refractivity contribution >= 4 is 11.6 Å². The number of rotatable bonds is 2. The van der Waals surface area contributed by atoms with Gasteiger partial charge >= 0.3 is 6.18 Å². The van der Waals surface area contributed by atoms with E-state index in [1.165, 1.54) is 0 Å². The van der Waals surface area contributed by atoms with Crippen molar-refractivity contribution < 1.29 is 18.1 Å². The molecule has 0 radical (unpaired) electrons. The van der Waals surface area contributed by atoms with E-state index in [0.717, 1.165) is 18.2 Å². The highest BCUT2D eigenvalue weighted by molar-refractivity contribution is 6.31. The molecule has 0 amide bonds. The summed E-state index contributed by atoms with van der Waals surface area (Å²) < 4.78 is 36.7. The normalized spacial score (nSPS) is 11.5. The van der Waals surface area contributed by atoms with Crippen molar-refractivity contribution in [1.29, 1.82) is 0 Å². The Kier molecular flexibility index (Phi) is 3.18. The standard InChI is InChI=1S/C8H5ClF3NO2/c9-7-3-5(4-13(14)15)1-2-6(7)8(10,11)12/h1-3H,4H2. The molecule has 0 fully saturated rings. The Labute approximate surface area is 87.6 Å². The van der Waals surface area contributed by atoms with Gasteiger partial charge in [0.15, 0.2) is 0 Å². The van der Waals surface area contributed by atoms with Gasteiger partial charge in [0.2, 0.25) is 6.54 Å². The summed E-state index contributed by atoms with van der Waals surface area (Å²) in [5.74, 6) is 0. The van der Waals surface area contributed by atoms with Gasteiger partial charge in [-0.25, -0.2) is 0 Å². The van der Waals surface area contributed by atoms with Gasteiger partial charge in [-0.3, -0.25) is 10.1 Å². The van der Waals surface area contributed by atoms with Crippen LogP contribution < -0.4 is 0 Å². The first-order chi connectivity index (χ1) is 6.80. The van der Waals surface area contributed by atoms with Crippen LogP contribution in [0.5, 0.6) is 0 Å². The number of hydrogen-bond donors (Lipinski definition) is 0. The molecule has 0 aliphatic carbocycles. The van der Waals surface area contributed by atoms with Gasteiger partial charge in [-0.05, 0) is 12.1 Å². The maximum absolute atomic E-state index is 12.2. The molecule has 0 saturated heterocycles. The molecular formula is C8H5ClF3NO2. The van der Waals surface area contributed by atoms with Gasteiger partial charge in [0.05, 0.1) is 10.6 Å². The first-order valence-corrected chi connectivity index (χ1v) is 4.16. The van der Waals surface area contributed by atoms with Crippen LogP contribution in [0.3, 0.4) is 0 Å².